The molecule has 1 aromatic carbocycles. The summed E-state index contributed by atoms with van der Waals surface area (Å²) in [6.45, 7) is 0. The van der Waals surface area contributed by atoms with Crippen LogP contribution in [0.1, 0.15) is 10.4 Å². The van der Waals surface area contributed by atoms with Gasteiger partial charge in [-0.3, -0.25) is 9.78 Å². The van der Waals surface area contributed by atoms with Crippen LogP contribution in [0.3, 0.4) is 0 Å². The first-order chi connectivity index (χ1) is 11.6. The number of halogens is 2. The molecule has 9 heteroatoms. The van der Waals surface area contributed by atoms with E-state index in [1.165, 1.54) is 10.7 Å². The maximum Gasteiger partial charge on any atom is 0.210 e. The molecule has 2 N–H and O–H groups in total. The van der Waals surface area contributed by atoms with E-state index >= 15 is 0 Å². The summed E-state index contributed by atoms with van der Waals surface area (Å²) in [6.07, 6.45) is 3.21. The molecule has 0 unspecified atom stereocenters. The minimum Gasteiger partial charge on any atom is -0.335 e. The van der Waals surface area contributed by atoms with Crippen molar-refractivity contribution < 1.29 is 13.6 Å². The molecule has 2 aromatic heterocycles. The van der Waals surface area contributed by atoms with Gasteiger partial charge in [0, 0.05) is 23.5 Å². The third-order valence-electron chi connectivity index (χ3n) is 3.16. The van der Waals surface area contributed by atoms with Gasteiger partial charge in [-0.2, -0.15) is 0 Å². The number of nitrogen functional groups attached to an aromatic ring is 1. The van der Waals surface area contributed by atoms with E-state index in [0.29, 0.717) is 16.5 Å². The predicted octanol–water partition coefficient (Wildman–Crippen LogP) is 2.31. The summed E-state index contributed by atoms with van der Waals surface area (Å²) >= 11 is 1.05. The van der Waals surface area contributed by atoms with Crippen LogP contribution < -0.4 is 5.84 Å². The monoisotopic (exact) mass is 347 g/mol. The lowest BCUT2D eigenvalue weighted by Crippen LogP contribution is -2.13. The van der Waals surface area contributed by atoms with Crippen molar-refractivity contribution in [2.24, 2.45) is 0 Å². The molecule has 3 rings (SSSR count). The van der Waals surface area contributed by atoms with Gasteiger partial charge in [-0.15, -0.1) is 10.2 Å². The van der Waals surface area contributed by atoms with Crippen LogP contribution in [0.5, 0.6) is 0 Å². The molecule has 0 aliphatic rings. The van der Waals surface area contributed by atoms with E-state index < -0.39 is 11.6 Å². The van der Waals surface area contributed by atoms with E-state index in [9.17, 15) is 13.6 Å². The van der Waals surface area contributed by atoms with Gasteiger partial charge in [-0.1, -0.05) is 11.8 Å². The Morgan fingerprint density at radius 1 is 1.21 bits per heavy atom. The number of nitrogens with two attached hydrogens (primary N) is 1. The number of hydrogen-bond donors (Lipinski definition) is 1. The number of Topliss-reactive ketones (excluding diaryl/α,β-unsaturated/α-hetero) is 1. The Balaban J connectivity index is 1.72. The number of nitrogens with zero attached hydrogens (tertiary/aromatic N) is 4. The molecule has 122 valence electrons. The lowest BCUT2D eigenvalue weighted by Gasteiger charge is -2.04. The fourth-order valence-corrected chi connectivity index (χ4v) is 2.70. The van der Waals surface area contributed by atoms with Gasteiger partial charge < -0.3 is 5.84 Å². The molecule has 0 saturated carbocycles. The van der Waals surface area contributed by atoms with Gasteiger partial charge in [0.25, 0.3) is 0 Å². The van der Waals surface area contributed by atoms with Gasteiger partial charge in [-0.25, -0.2) is 13.5 Å². The zero-order valence-corrected chi connectivity index (χ0v) is 13.0. The summed E-state index contributed by atoms with van der Waals surface area (Å²) < 4.78 is 27.3. The van der Waals surface area contributed by atoms with Crippen LogP contribution in [0.15, 0.2) is 47.9 Å². The Morgan fingerprint density at radius 3 is 2.75 bits per heavy atom. The highest BCUT2D eigenvalue weighted by Crippen LogP contribution is 2.22. The van der Waals surface area contributed by atoms with Gasteiger partial charge in [0.2, 0.25) is 5.16 Å². The van der Waals surface area contributed by atoms with Crippen molar-refractivity contribution in [2.45, 2.75) is 5.16 Å². The number of pyridine rings is 1. The third-order valence-corrected chi connectivity index (χ3v) is 4.10. The summed E-state index contributed by atoms with van der Waals surface area (Å²) in [5.74, 6) is 3.87. The molecule has 3 aromatic rings. The third kappa shape index (κ3) is 3.25. The summed E-state index contributed by atoms with van der Waals surface area (Å²) in [6, 6.07) is 6.53. The van der Waals surface area contributed by atoms with Crippen LogP contribution in [0, 0.1) is 11.6 Å². The summed E-state index contributed by atoms with van der Waals surface area (Å²) in [4.78, 5) is 16.0. The van der Waals surface area contributed by atoms with Crippen molar-refractivity contribution in [1.29, 1.82) is 0 Å². The van der Waals surface area contributed by atoms with Crippen molar-refractivity contribution in [3.63, 3.8) is 0 Å². The largest absolute Gasteiger partial charge is 0.335 e. The fourth-order valence-electron chi connectivity index (χ4n) is 1.95. The van der Waals surface area contributed by atoms with Gasteiger partial charge in [0.05, 0.1) is 5.75 Å². The normalized spacial score (nSPS) is 10.8. The number of hydrogen-bond acceptors (Lipinski definition) is 6. The molecule has 0 atom stereocenters. The molecule has 0 radical (unpaired) electrons. The van der Waals surface area contributed by atoms with Crippen molar-refractivity contribution in [3.05, 3.63) is 59.9 Å². The number of carbonyl (C=O) groups is 1. The first-order valence-electron chi connectivity index (χ1n) is 6.78. The highest BCUT2D eigenvalue weighted by Gasteiger charge is 2.15. The number of rotatable bonds is 5. The zero-order valence-electron chi connectivity index (χ0n) is 12.2. The standard InChI is InChI=1S/C15H11F2N5OS/c16-11-4-3-9(6-12(11)17)13(23)8-24-15-21-20-14(22(15)18)10-2-1-5-19-7-10/h1-7H,8,18H2. The number of aromatic nitrogens is 4. The molecular weight excluding hydrogens is 336 g/mol. The Bertz CT molecular complexity index is 885. The van der Waals surface area contributed by atoms with Crippen LogP contribution in [-0.4, -0.2) is 31.4 Å². The summed E-state index contributed by atoms with van der Waals surface area (Å²) in [5, 5.41) is 8.22. The predicted molar refractivity (Wildman–Crippen MR) is 84.8 cm³/mol. The molecule has 0 aliphatic heterocycles. The molecule has 2 heterocycles. The van der Waals surface area contributed by atoms with Gasteiger partial charge in [-0.05, 0) is 30.3 Å². The number of thioether (sulfide) groups is 1. The quantitative estimate of drug-likeness (QED) is 0.433. The van der Waals surface area contributed by atoms with Crippen molar-refractivity contribution in [2.75, 3.05) is 11.6 Å². The fraction of sp³-hybridized carbons (Fsp3) is 0.0667. The van der Waals surface area contributed by atoms with Gasteiger partial charge >= 0.3 is 0 Å². The summed E-state index contributed by atoms with van der Waals surface area (Å²) in [7, 11) is 0. The number of benzene rings is 1. The maximum absolute atomic E-state index is 13.2. The highest BCUT2D eigenvalue weighted by atomic mass is 32.2. The second-order valence-corrected chi connectivity index (χ2v) is 5.70. The van der Waals surface area contributed by atoms with Crippen LogP contribution in [0.25, 0.3) is 11.4 Å². The molecule has 0 bridgehead atoms. The first kappa shape index (κ1) is 16.1. The molecule has 6 nitrogen and oxygen atoms in total. The first-order valence-corrected chi connectivity index (χ1v) is 7.77. The van der Waals surface area contributed by atoms with Gasteiger partial charge in [0.15, 0.2) is 23.2 Å². The van der Waals surface area contributed by atoms with E-state index in [1.807, 2.05) is 0 Å². The SMILES string of the molecule is Nn1c(SCC(=O)c2ccc(F)c(F)c2)nnc1-c1cccnc1. The topological polar surface area (TPSA) is 86.7 Å². The van der Waals surface area contributed by atoms with E-state index in [-0.39, 0.29) is 17.1 Å². The minimum atomic E-state index is -1.06. The highest BCUT2D eigenvalue weighted by molar-refractivity contribution is 7.99. The molecule has 0 aliphatic carbocycles. The van der Waals surface area contributed by atoms with Crippen LogP contribution >= 0.6 is 11.8 Å². The average molecular weight is 347 g/mol. The van der Waals surface area contributed by atoms with E-state index in [0.717, 1.165) is 23.9 Å². The van der Waals surface area contributed by atoms with Crippen LogP contribution in [0.2, 0.25) is 0 Å². The van der Waals surface area contributed by atoms with E-state index in [2.05, 4.69) is 15.2 Å². The Kier molecular flexibility index (Phi) is 4.52. The lowest BCUT2D eigenvalue weighted by atomic mass is 10.1. The maximum atomic E-state index is 13.2. The van der Waals surface area contributed by atoms with Crippen molar-refractivity contribution in [1.82, 2.24) is 19.9 Å². The Hall–Kier alpha value is -2.81. The molecule has 0 saturated heterocycles. The molecule has 0 fully saturated rings. The zero-order chi connectivity index (χ0) is 17.1. The van der Waals surface area contributed by atoms with E-state index in [4.69, 9.17) is 5.84 Å². The van der Waals surface area contributed by atoms with Crippen molar-refractivity contribution >= 4 is 17.5 Å². The van der Waals surface area contributed by atoms with Gasteiger partial charge in [0.1, 0.15) is 0 Å². The Labute approximate surface area is 139 Å². The molecule has 24 heavy (non-hydrogen) atoms. The minimum absolute atomic E-state index is 0.0343. The van der Waals surface area contributed by atoms with E-state index in [1.54, 1.807) is 24.5 Å². The number of carbonyl (C=O) groups excluding carboxylic acids is 1. The second kappa shape index (κ2) is 6.75. The van der Waals surface area contributed by atoms with Crippen LogP contribution in [-0.2, 0) is 0 Å². The molecule has 0 amide bonds. The smallest absolute Gasteiger partial charge is 0.210 e. The van der Waals surface area contributed by atoms with Crippen molar-refractivity contribution in [3.8, 4) is 11.4 Å². The second-order valence-electron chi connectivity index (χ2n) is 4.76. The summed E-state index contributed by atoms with van der Waals surface area (Å²) in [5.41, 5.74) is 0.767. The number of ketones is 1. The van der Waals surface area contributed by atoms with Crippen LogP contribution in [0.4, 0.5) is 8.78 Å². The Morgan fingerprint density at radius 2 is 2.04 bits per heavy atom. The molecular formula is C15H11F2N5OS. The average Bonchev–Trinajstić information content (AvgIpc) is 2.96. The molecule has 0 spiro atoms. The lowest BCUT2D eigenvalue weighted by molar-refractivity contribution is 0.102.